The summed E-state index contributed by atoms with van der Waals surface area (Å²) in [5.41, 5.74) is 2.12. The van der Waals surface area contributed by atoms with Crippen molar-refractivity contribution in [2.75, 3.05) is 0 Å². The van der Waals surface area contributed by atoms with Gasteiger partial charge in [-0.05, 0) is 61.0 Å². The van der Waals surface area contributed by atoms with Gasteiger partial charge in [0.05, 0.1) is 0 Å². The standard InChI is InChI=1S/C19H14ClFN4O2/c1-12-10-15(6-7-16(12)20)26-11-25-9-8-17(23-25)19-22-18(24-27-19)13-2-4-14(21)5-3-13/h2-10H,11H2,1H3. The van der Waals surface area contributed by atoms with Crippen molar-refractivity contribution in [2.45, 2.75) is 13.7 Å². The van der Waals surface area contributed by atoms with E-state index in [1.807, 2.05) is 13.0 Å². The second-order valence-electron chi connectivity index (χ2n) is 5.85. The molecule has 6 nitrogen and oxygen atoms in total. The average molecular weight is 385 g/mol. The van der Waals surface area contributed by atoms with E-state index in [4.69, 9.17) is 20.9 Å². The van der Waals surface area contributed by atoms with E-state index in [1.54, 1.807) is 41.2 Å². The molecule has 0 fully saturated rings. The van der Waals surface area contributed by atoms with Crippen LogP contribution in [0.4, 0.5) is 4.39 Å². The molecule has 27 heavy (non-hydrogen) atoms. The van der Waals surface area contributed by atoms with Crippen LogP contribution in [0.2, 0.25) is 5.02 Å². The molecule has 0 spiro atoms. The molecule has 0 saturated heterocycles. The van der Waals surface area contributed by atoms with Crippen LogP contribution in [-0.2, 0) is 6.73 Å². The van der Waals surface area contributed by atoms with Gasteiger partial charge in [0.1, 0.15) is 11.6 Å². The molecule has 0 atom stereocenters. The van der Waals surface area contributed by atoms with E-state index in [9.17, 15) is 4.39 Å². The number of halogens is 2. The fourth-order valence-electron chi connectivity index (χ4n) is 2.44. The molecule has 0 aliphatic heterocycles. The zero-order valence-corrected chi connectivity index (χ0v) is 15.0. The highest BCUT2D eigenvalue weighted by Gasteiger charge is 2.13. The summed E-state index contributed by atoms with van der Waals surface area (Å²) in [5, 5.41) is 8.97. The molecule has 2 heterocycles. The molecule has 0 N–H and O–H groups in total. The van der Waals surface area contributed by atoms with Crippen LogP contribution < -0.4 is 4.74 Å². The van der Waals surface area contributed by atoms with Crippen molar-refractivity contribution in [1.82, 2.24) is 19.9 Å². The highest BCUT2D eigenvalue weighted by Crippen LogP contribution is 2.23. The van der Waals surface area contributed by atoms with Crippen LogP contribution >= 0.6 is 11.6 Å². The van der Waals surface area contributed by atoms with Crippen molar-refractivity contribution in [3.8, 4) is 28.7 Å². The van der Waals surface area contributed by atoms with Crippen LogP contribution in [0.25, 0.3) is 23.0 Å². The molecule has 4 aromatic rings. The van der Waals surface area contributed by atoms with E-state index >= 15 is 0 Å². The van der Waals surface area contributed by atoms with Crippen LogP contribution in [0, 0.1) is 12.7 Å². The second-order valence-corrected chi connectivity index (χ2v) is 6.26. The smallest absolute Gasteiger partial charge is 0.278 e. The third-order valence-electron chi connectivity index (χ3n) is 3.88. The number of benzene rings is 2. The highest BCUT2D eigenvalue weighted by molar-refractivity contribution is 6.31. The summed E-state index contributed by atoms with van der Waals surface area (Å²) in [4.78, 5) is 4.30. The molecule has 2 aromatic heterocycles. The fraction of sp³-hybridized carbons (Fsp3) is 0.105. The van der Waals surface area contributed by atoms with Crippen LogP contribution in [0.5, 0.6) is 5.75 Å². The maximum Gasteiger partial charge on any atom is 0.278 e. The lowest BCUT2D eigenvalue weighted by molar-refractivity contribution is 0.221. The molecule has 4 rings (SSSR count). The number of rotatable bonds is 5. The largest absolute Gasteiger partial charge is 0.471 e. The van der Waals surface area contributed by atoms with Crippen molar-refractivity contribution < 1.29 is 13.7 Å². The van der Waals surface area contributed by atoms with E-state index < -0.39 is 0 Å². The molecule has 8 heteroatoms. The maximum atomic E-state index is 13.0. The first kappa shape index (κ1) is 17.2. The zero-order valence-electron chi connectivity index (χ0n) is 14.3. The minimum absolute atomic E-state index is 0.222. The molecular weight excluding hydrogens is 371 g/mol. The van der Waals surface area contributed by atoms with Gasteiger partial charge >= 0.3 is 0 Å². The van der Waals surface area contributed by atoms with Gasteiger partial charge in [-0.25, -0.2) is 9.07 Å². The topological polar surface area (TPSA) is 66.0 Å². The average Bonchev–Trinajstić information content (AvgIpc) is 3.32. The minimum atomic E-state index is -0.322. The number of aromatic nitrogens is 4. The Morgan fingerprint density at radius 2 is 1.96 bits per heavy atom. The van der Waals surface area contributed by atoms with Crippen LogP contribution in [0.15, 0.2) is 59.3 Å². The van der Waals surface area contributed by atoms with Gasteiger partial charge in [-0.3, -0.25) is 0 Å². The molecule has 0 aliphatic carbocycles. The number of hydrogen-bond donors (Lipinski definition) is 0. The Morgan fingerprint density at radius 3 is 2.74 bits per heavy atom. The Kier molecular flexibility index (Phi) is 4.60. The van der Waals surface area contributed by atoms with E-state index in [1.165, 1.54) is 12.1 Å². The lowest BCUT2D eigenvalue weighted by Gasteiger charge is -2.07. The monoisotopic (exact) mass is 384 g/mol. The summed E-state index contributed by atoms with van der Waals surface area (Å²) in [6.07, 6.45) is 1.75. The van der Waals surface area contributed by atoms with Gasteiger partial charge < -0.3 is 9.26 Å². The van der Waals surface area contributed by atoms with Gasteiger partial charge in [-0.2, -0.15) is 10.1 Å². The van der Waals surface area contributed by atoms with Crippen molar-refractivity contribution in [3.63, 3.8) is 0 Å². The number of hydrogen-bond acceptors (Lipinski definition) is 5. The summed E-state index contributed by atoms with van der Waals surface area (Å²) >= 11 is 6.01. The van der Waals surface area contributed by atoms with Gasteiger partial charge in [0.2, 0.25) is 5.82 Å². The predicted octanol–water partition coefficient (Wildman–Crippen LogP) is 4.74. The normalized spacial score (nSPS) is 10.9. The third kappa shape index (κ3) is 3.83. The van der Waals surface area contributed by atoms with Gasteiger partial charge in [0.15, 0.2) is 12.4 Å². The summed E-state index contributed by atoms with van der Waals surface area (Å²) < 4.78 is 25.6. The van der Waals surface area contributed by atoms with E-state index in [0.717, 1.165) is 5.56 Å². The third-order valence-corrected chi connectivity index (χ3v) is 4.31. The van der Waals surface area contributed by atoms with Gasteiger partial charge in [-0.15, -0.1) is 0 Å². The predicted molar refractivity (Wildman–Crippen MR) is 97.7 cm³/mol. The van der Waals surface area contributed by atoms with Crippen LogP contribution in [-0.4, -0.2) is 19.9 Å². The molecule has 136 valence electrons. The summed E-state index contributed by atoms with van der Waals surface area (Å²) in [6, 6.07) is 13.1. The summed E-state index contributed by atoms with van der Waals surface area (Å²) in [6.45, 7) is 2.13. The van der Waals surface area contributed by atoms with Crippen LogP contribution in [0.3, 0.4) is 0 Å². The van der Waals surface area contributed by atoms with Crippen molar-refractivity contribution in [1.29, 1.82) is 0 Å². The number of nitrogens with zero attached hydrogens (tertiary/aromatic N) is 4. The first-order valence-electron chi connectivity index (χ1n) is 8.11. The molecule has 0 amide bonds. The highest BCUT2D eigenvalue weighted by atomic mass is 35.5. The Labute approximate surface area is 159 Å². The molecule has 0 saturated carbocycles. The molecule has 0 aliphatic rings. The Bertz CT molecular complexity index is 1080. The Hall–Kier alpha value is -3.19. The molecule has 0 unspecified atom stereocenters. The van der Waals surface area contributed by atoms with E-state index in [-0.39, 0.29) is 18.4 Å². The van der Waals surface area contributed by atoms with Crippen molar-refractivity contribution in [3.05, 3.63) is 71.1 Å². The SMILES string of the molecule is Cc1cc(OCn2ccc(-c3nc(-c4ccc(F)cc4)no3)n2)ccc1Cl. The first-order chi connectivity index (χ1) is 13.1. The lowest BCUT2D eigenvalue weighted by atomic mass is 10.2. The van der Waals surface area contributed by atoms with Gasteiger partial charge in [0.25, 0.3) is 5.89 Å². The Balaban J connectivity index is 1.46. The summed E-state index contributed by atoms with van der Waals surface area (Å²) in [5.74, 6) is 1.02. The van der Waals surface area contributed by atoms with Crippen molar-refractivity contribution >= 4 is 11.6 Å². The van der Waals surface area contributed by atoms with Gasteiger partial charge in [-0.1, -0.05) is 16.8 Å². The van der Waals surface area contributed by atoms with Gasteiger partial charge in [0, 0.05) is 16.8 Å². The van der Waals surface area contributed by atoms with Crippen molar-refractivity contribution in [2.24, 2.45) is 0 Å². The summed E-state index contributed by atoms with van der Waals surface area (Å²) in [7, 11) is 0. The molecule has 0 bridgehead atoms. The lowest BCUT2D eigenvalue weighted by Crippen LogP contribution is -2.05. The Morgan fingerprint density at radius 1 is 1.15 bits per heavy atom. The fourth-order valence-corrected chi connectivity index (χ4v) is 2.56. The molecule has 0 radical (unpaired) electrons. The number of ether oxygens (including phenoxy) is 1. The van der Waals surface area contributed by atoms with E-state index in [0.29, 0.717) is 27.9 Å². The van der Waals surface area contributed by atoms with E-state index in [2.05, 4.69) is 15.2 Å². The zero-order chi connectivity index (χ0) is 18.8. The van der Waals surface area contributed by atoms with Crippen LogP contribution in [0.1, 0.15) is 5.56 Å². The maximum absolute atomic E-state index is 13.0. The minimum Gasteiger partial charge on any atom is -0.471 e. The molecular formula is C19H14ClFN4O2. The second kappa shape index (κ2) is 7.20. The first-order valence-corrected chi connectivity index (χ1v) is 8.49. The quantitative estimate of drug-likeness (QED) is 0.497. The molecule has 2 aromatic carbocycles. The number of aryl methyl sites for hydroxylation is 1.